The molecule has 0 atom stereocenters. The first-order chi connectivity index (χ1) is 15.4. The average Bonchev–Trinajstić information content (AvgIpc) is 3.16. The molecule has 0 aliphatic carbocycles. The number of hydrogen-bond donors (Lipinski definition) is 0. The summed E-state index contributed by atoms with van der Waals surface area (Å²) in [6, 6.07) is 12.7. The molecule has 2 heterocycles. The number of methoxy groups -OCH3 is 1. The monoisotopic (exact) mass is 449 g/mol. The number of aromatic nitrogens is 4. The van der Waals surface area contributed by atoms with E-state index in [9.17, 15) is 4.79 Å². The van der Waals surface area contributed by atoms with E-state index < -0.39 is 0 Å². The topological polar surface area (TPSA) is 73.1 Å². The molecule has 0 unspecified atom stereocenters. The van der Waals surface area contributed by atoms with Crippen LogP contribution in [0.15, 0.2) is 48.7 Å². The van der Waals surface area contributed by atoms with Crippen LogP contribution in [-0.2, 0) is 13.1 Å². The third-order valence-electron chi connectivity index (χ3n) is 5.47. The molecule has 0 bridgehead atoms. The summed E-state index contributed by atoms with van der Waals surface area (Å²) in [5.41, 5.74) is 3.67. The number of benzene rings is 2. The van der Waals surface area contributed by atoms with E-state index in [-0.39, 0.29) is 5.91 Å². The number of ether oxygens (including phenoxy) is 1. The maximum absolute atomic E-state index is 13.5. The van der Waals surface area contributed by atoms with Crippen molar-refractivity contribution in [2.45, 2.75) is 26.9 Å². The summed E-state index contributed by atoms with van der Waals surface area (Å²) in [6.45, 7) is 5.24. The minimum Gasteiger partial charge on any atom is -0.496 e. The first kappa shape index (κ1) is 21.8. The fraction of sp³-hybridized carbons (Fsp3) is 0.250. The van der Waals surface area contributed by atoms with E-state index in [0.29, 0.717) is 45.3 Å². The van der Waals surface area contributed by atoms with Gasteiger partial charge in [-0.15, -0.1) is 0 Å². The van der Waals surface area contributed by atoms with Gasteiger partial charge in [-0.2, -0.15) is 5.10 Å². The fourth-order valence-corrected chi connectivity index (χ4v) is 3.85. The summed E-state index contributed by atoms with van der Waals surface area (Å²) in [7, 11) is 3.35. The largest absolute Gasteiger partial charge is 0.496 e. The van der Waals surface area contributed by atoms with Crippen LogP contribution >= 0.6 is 11.6 Å². The minimum atomic E-state index is -0.223. The van der Waals surface area contributed by atoms with Crippen LogP contribution in [0.25, 0.3) is 22.3 Å². The van der Waals surface area contributed by atoms with Gasteiger partial charge in [-0.3, -0.25) is 9.48 Å². The van der Waals surface area contributed by atoms with Crippen LogP contribution in [0, 0.1) is 6.92 Å². The van der Waals surface area contributed by atoms with Gasteiger partial charge in [0.15, 0.2) is 5.82 Å². The van der Waals surface area contributed by atoms with Gasteiger partial charge in [0.25, 0.3) is 5.91 Å². The molecule has 0 aliphatic rings. The van der Waals surface area contributed by atoms with Gasteiger partial charge in [0.2, 0.25) is 0 Å². The molecule has 1 amide bonds. The molecule has 0 N–H and O–H groups in total. The Labute approximate surface area is 191 Å². The molecule has 0 aliphatic heterocycles. The summed E-state index contributed by atoms with van der Waals surface area (Å²) in [4.78, 5) is 24.5. The molecule has 164 valence electrons. The van der Waals surface area contributed by atoms with Crippen molar-refractivity contribution >= 4 is 28.4 Å². The highest BCUT2D eigenvalue weighted by molar-refractivity contribution is 6.31. The van der Waals surface area contributed by atoms with Gasteiger partial charge < -0.3 is 9.64 Å². The number of nitrogens with zero attached hydrogens (tertiary/aromatic N) is 5. The second-order valence-electron chi connectivity index (χ2n) is 7.49. The van der Waals surface area contributed by atoms with Crippen molar-refractivity contribution in [2.75, 3.05) is 14.2 Å². The van der Waals surface area contributed by atoms with Crippen molar-refractivity contribution in [2.24, 2.45) is 0 Å². The molecule has 8 heteroatoms. The van der Waals surface area contributed by atoms with E-state index >= 15 is 0 Å². The van der Waals surface area contributed by atoms with Crippen molar-refractivity contribution in [3.63, 3.8) is 0 Å². The molecule has 0 radical (unpaired) electrons. The lowest BCUT2D eigenvalue weighted by Crippen LogP contribution is -2.27. The van der Waals surface area contributed by atoms with Crippen LogP contribution < -0.4 is 4.74 Å². The lowest BCUT2D eigenvalue weighted by atomic mass is 10.1. The Morgan fingerprint density at radius 1 is 1.19 bits per heavy atom. The fourth-order valence-electron chi connectivity index (χ4n) is 3.68. The number of carbonyl (C=O) groups is 1. The summed E-state index contributed by atoms with van der Waals surface area (Å²) in [5.74, 6) is 0.832. The number of hydrogen-bond acceptors (Lipinski definition) is 5. The van der Waals surface area contributed by atoms with Gasteiger partial charge in [0.05, 0.1) is 24.4 Å². The average molecular weight is 450 g/mol. The number of aryl methyl sites for hydroxylation is 1. The molecule has 0 fully saturated rings. The van der Waals surface area contributed by atoms with E-state index in [2.05, 4.69) is 15.1 Å². The molecule has 0 saturated heterocycles. The summed E-state index contributed by atoms with van der Waals surface area (Å²) < 4.78 is 7.39. The van der Waals surface area contributed by atoms with Crippen LogP contribution in [0.2, 0.25) is 5.02 Å². The van der Waals surface area contributed by atoms with Crippen molar-refractivity contribution < 1.29 is 9.53 Å². The highest BCUT2D eigenvalue weighted by Crippen LogP contribution is 2.30. The SMILES string of the molecule is CCn1ncc(CN(C)C(=O)c2nc(-c3ccccc3OC)nc3ccc(Cl)cc23)c1C. The van der Waals surface area contributed by atoms with Crippen molar-refractivity contribution in [1.82, 2.24) is 24.6 Å². The Kier molecular flexibility index (Phi) is 6.10. The third-order valence-corrected chi connectivity index (χ3v) is 5.70. The standard InChI is InChI=1S/C24H24ClN5O2/c1-5-30-15(2)16(13-26-30)14-29(3)24(31)22-19-12-17(25)10-11-20(19)27-23(28-22)18-8-6-7-9-21(18)32-4/h6-13H,5,14H2,1-4H3. The van der Waals surface area contributed by atoms with E-state index in [1.807, 2.05) is 42.8 Å². The van der Waals surface area contributed by atoms with Gasteiger partial charge in [-0.1, -0.05) is 23.7 Å². The van der Waals surface area contributed by atoms with Gasteiger partial charge in [-0.25, -0.2) is 9.97 Å². The van der Waals surface area contributed by atoms with Crippen LogP contribution in [0.3, 0.4) is 0 Å². The summed E-state index contributed by atoms with van der Waals surface area (Å²) in [6.07, 6.45) is 1.80. The van der Waals surface area contributed by atoms with Crippen molar-refractivity contribution in [1.29, 1.82) is 0 Å². The first-order valence-electron chi connectivity index (χ1n) is 10.3. The van der Waals surface area contributed by atoms with Crippen molar-refractivity contribution in [3.8, 4) is 17.1 Å². The Balaban J connectivity index is 1.80. The van der Waals surface area contributed by atoms with E-state index in [4.69, 9.17) is 16.3 Å². The smallest absolute Gasteiger partial charge is 0.273 e. The molecule has 2 aromatic heterocycles. The third kappa shape index (κ3) is 4.03. The van der Waals surface area contributed by atoms with Gasteiger partial charge in [-0.05, 0) is 44.2 Å². The van der Waals surface area contributed by atoms with Gasteiger partial charge in [0.1, 0.15) is 11.4 Å². The number of halogens is 1. The molecule has 0 saturated carbocycles. The number of amides is 1. The molecule has 7 nitrogen and oxygen atoms in total. The van der Waals surface area contributed by atoms with Crippen LogP contribution in [0.4, 0.5) is 0 Å². The van der Waals surface area contributed by atoms with Crippen LogP contribution in [-0.4, -0.2) is 44.7 Å². The molecule has 4 rings (SSSR count). The minimum absolute atomic E-state index is 0.223. The molecule has 4 aromatic rings. The van der Waals surface area contributed by atoms with E-state index in [1.165, 1.54) is 0 Å². The maximum Gasteiger partial charge on any atom is 0.273 e. The Hall–Kier alpha value is -3.45. The van der Waals surface area contributed by atoms with Crippen molar-refractivity contribution in [3.05, 3.63) is 70.6 Å². The zero-order chi connectivity index (χ0) is 22.8. The number of rotatable bonds is 6. The number of carbonyl (C=O) groups excluding carboxylic acids is 1. The second kappa shape index (κ2) is 8.96. The quantitative estimate of drug-likeness (QED) is 0.424. The molecule has 2 aromatic carbocycles. The Morgan fingerprint density at radius 3 is 2.69 bits per heavy atom. The second-order valence-corrected chi connectivity index (χ2v) is 7.93. The van der Waals surface area contributed by atoms with Gasteiger partial charge in [0, 0.05) is 41.8 Å². The molecular formula is C24H24ClN5O2. The first-order valence-corrected chi connectivity index (χ1v) is 10.7. The van der Waals surface area contributed by atoms with E-state index in [0.717, 1.165) is 17.8 Å². The molecule has 32 heavy (non-hydrogen) atoms. The predicted octanol–water partition coefficient (Wildman–Crippen LogP) is 4.76. The molecule has 0 spiro atoms. The molecular weight excluding hydrogens is 426 g/mol. The van der Waals surface area contributed by atoms with Crippen LogP contribution in [0.5, 0.6) is 5.75 Å². The maximum atomic E-state index is 13.5. The number of fused-ring (bicyclic) bond motifs is 1. The normalized spacial score (nSPS) is 11.0. The summed E-state index contributed by atoms with van der Waals surface area (Å²) in [5, 5.41) is 5.50. The van der Waals surface area contributed by atoms with E-state index in [1.54, 1.807) is 43.5 Å². The Morgan fingerprint density at radius 2 is 1.97 bits per heavy atom. The van der Waals surface area contributed by atoms with Gasteiger partial charge >= 0.3 is 0 Å². The highest BCUT2D eigenvalue weighted by Gasteiger charge is 2.22. The van der Waals surface area contributed by atoms with Crippen LogP contribution in [0.1, 0.15) is 28.7 Å². The highest BCUT2D eigenvalue weighted by atomic mass is 35.5. The summed E-state index contributed by atoms with van der Waals surface area (Å²) >= 11 is 6.24. The predicted molar refractivity (Wildman–Crippen MR) is 125 cm³/mol. The lowest BCUT2D eigenvalue weighted by Gasteiger charge is -2.18. The zero-order valence-corrected chi connectivity index (χ0v) is 19.2. The lowest BCUT2D eigenvalue weighted by molar-refractivity contribution is 0.0781. The zero-order valence-electron chi connectivity index (χ0n) is 18.5. The Bertz CT molecular complexity index is 1300. The number of para-hydroxylation sites is 1.